The maximum absolute atomic E-state index is 12.9. The average Bonchev–Trinajstić information content (AvgIpc) is 3.23. The minimum Gasteiger partial charge on any atom is -0.508 e. The van der Waals surface area contributed by atoms with E-state index in [2.05, 4.69) is 12.1 Å². The van der Waals surface area contributed by atoms with Gasteiger partial charge in [-0.3, -0.25) is 0 Å². The zero-order chi connectivity index (χ0) is 26.7. The zero-order valence-corrected chi connectivity index (χ0v) is 23.1. The molecule has 1 atom stereocenters. The van der Waals surface area contributed by atoms with Gasteiger partial charge in [0.05, 0.1) is 5.56 Å². The molecule has 0 amide bonds. The normalized spacial score (nSPS) is 16.2. The number of phenolic OH excluding ortho intramolecular Hbond substituents is 1. The third kappa shape index (κ3) is 4.75. The number of fused-ring (bicyclic) bond motifs is 6. The summed E-state index contributed by atoms with van der Waals surface area (Å²) in [5.41, 5.74) is 2.55. The van der Waals surface area contributed by atoms with Gasteiger partial charge in [-0.25, -0.2) is 4.79 Å². The molecule has 0 bridgehead atoms. The van der Waals surface area contributed by atoms with Crippen LogP contribution in [0.25, 0.3) is 0 Å². The third-order valence-corrected chi connectivity index (χ3v) is 8.66. The minimum atomic E-state index is -1.19. The van der Waals surface area contributed by atoms with E-state index in [1.165, 1.54) is 22.4 Å². The van der Waals surface area contributed by atoms with E-state index >= 15 is 0 Å². The Morgan fingerprint density at radius 3 is 2.37 bits per heavy atom. The highest BCUT2D eigenvalue weighted by Gasteiger charge is 2.53. The van der Waals surface area contributed by atoms with Crippen molar-refractivity contribution < 1.29 is 24.1 Å². The van der Waals surface area contributed by atoms with Crippen molar-refractivity contribution in [1.29, 1.82) is 0 Å². The maximum atomic E-state index is 12.9. The Morgan fingerprint density at radius 2 is 1.58 bits per heavy atom. The first-order chi connectivity index (χ1) is 18.5. The molecule has 192 valence electrons. The van der Waals surface area contributed by atoms with E-state index in [1.54, 1.807) is 41.1 Å². The summed E-state index contributed by atoms with van der Waals surface area (Å²) in [6.07, 6.45) is 0. The lowest BCUT2D eigenvalue weighted by atomic mass is 9.77. The van der Waals surface area contributed by atoms with Crippen LogP contribution in [0.15, 0.2) is 91.0 Å². The number of hydrogen-bond donors (Lipinski definition) is 1. The molecule has 38 heavy (non-hydrogen) atoms. The molecule has 8 heteroatoms. The second-order valence-corrected chi connectivity index (χ2v) is 11.1. The molecule has 1 unspecified atom stereocenters. The number of esters is 1. The van der Waals surface area contributed by atoms with Crippen molar-refractivity contribution in [3.05, 3.63) is 119 Å². The number of thiocarbonyl (C=S) groups is 1. The summed E-state index contributed by atoms with van der Waals surface area (Å²) in [6.45, 7) is 4.00. The minimum absolute atomic E-state index is 0.0466. The first kappa shape index (κ1) is 26.2. The van der Waals surface area contributed by atoms with Crippen LogP contribution in [0.5, 0.6) is 23.0 Å². The van der Waals surface area contributed by atoms with Crippen LogP contribution in [-0.2, 0) is 16.1 Å². The molecule has 1 N–H and O–H groups in total. The highest BCUT2D eigenvalue weighted by atomic mass is 33.1. The number of ether oxygens (including phenoxy) is 3. The molecule has 2 aliphatic heterocycles. The average molecular weight is 561 g/mol. The Hall–Kier alpha value is -3.46. The summed E-state index contributed by atoms with van der Waals surface area (Å²) in [5, 5.41) is 10.1. The zero-order valence-electron chi connectivity index (χ0n) is 20.7. The number of phenols is 1. The Kier molecular flexibility index (Phi) is 7.65. The number of rotatable bonds is 4. The summed E-state index contributed by atoms with van der Waals surface area (Å²) in [4.78, 5) is 12.9. The van der Waals surface area contributed by atoms with Crippen LogP contribution in [0.2, 0.25) is 0 Å². The lowest BCUT2D eigenvalue weighted by molar-refractivity contribution is 0.0224. The Labute approximate surface area is 234 Å². The van der Waals surface area contributed by atoms with Crippen molar-refractivity contribution in [3.63, 3.8) is 0 Å². The Bertz CT molecular complexity index is 1510. The molecule has 2 heterocycles. The van der Waals surface area contributed by atoms with E-state index in [9.17, 15) is 9.90 Å². The molecule has 0 aromatic heterocycles. The molecule has 0 aliphatic carbocycles. The number of aromatic hydroxyl groups is 1. The van der Waals surface area contributed by atoms with Crippen molar-refractivity contribution in [1.82, 2.24) is 0 Å². The highest BCUT2D eigenvalue weighted by Crippen LogP contribution is 2.57. The van der Waals surface area contributed by atoms with Gasteiger partial charge < -0.3 is 19.3 Å². The molecule has 1 spiro atoms. The summed E-state index contributed by atoms with van der Waals surface area (Å²) in [7, 11) is 2.98. The predicted octanol–water partition coefficient (Wildman–Crippen LogP) is 8.23. The third-order valence-electron chi connectivity index (χ3n) is 6.07. The molecule has 4 aromatic rings. The number of carbonyl (C=O) groups excluding carboxylic acids is 1. The van der Waals surface area contributed by atoms with Crippen molar-refractivity contribution in [2.24, 2.45) is 0 Å². The summed E-state index contributed by atoms with van der Waals surface area (Å²) in [6, 6.07) is 27.6. The highest BCUT2D eigenvalue weighted by molar-refractivity contribution is 8.83. The molecule has 2 aliphatic rings. The molecule has 0 radical (unpaired) electrons. The van der Waals surface area contributed by atoms with Gasteiger partial charge in [0, 0.05) is 34.6 Å². The summed E-state index contributed by atoms with van der Waals surface area (Å²) >= 11 is 5.43. The van der Waals surface area contributed by atoms with Crippen LogP contribution in [0.3, 0.4) is 0 Å². The standard InChI is InChI=1S/C28H18O5S3.C2H6/c29-18-10-12-22-24(14-18)32-25-15-19(31-27(34)36-35-16-17-6-2-1-3-7-17)11-13-23(25)28(22)21-9-5-4-8-20(21)26(30)33-28;1-2/h1-15,29H,16H2;1-2H3. The second-order valence-electron chi connectivity index (χ2n) is 8.24. The SMILES string of the molecule is CC.O=C1OC2(c3ccc(O)cc3Oc3cc(OC(=S)SSCc4ccccc4)ccc32)c2ccccc21. The van der Waals surface area contributed by atoms with Crippen molar-refractivity contribution in [3.8, 4) is 23.0 Å². The van der Waals surface area contributed by atoms with Crippen LogP contribution in [0.1, 0.15) is 46.5 Å². The molecular weight excluding hydrogens is 537 g/mol. The second kappa shape index (κ2) is 11.1. The molecule has 4 aromatic carbocycles. The van der Waals surface area contributed by atoms with Gasteiger partial charge in [0.25, 0.3) is 0 Å². The van der Waals surface area contributed by atoms with Gasteiger partial charge in [-0.15, -0.1) is 0 Å². The van der Waals surface area contributed by atoms with Gasteiger partial charge in [-0.2, -0.15) is 0 Å². The predicted molar refractivity (Wildman–Crippen MR) is 156 cm³/mol. The van der Waals surface area contributed by atoms with E-state index < -0.39 is 11.6 Å². The van der Waals surface area contributed by atoms with Crippen LogP contribution in [0, 0.1) is 0 Å². The molecule has 0 saturated carbocycles. The molecule has 5 nitrogen and oxygen atoms in total. The topological polar surface area (TPSA) is 65.0 Å². The van der Waals surface area contributed by atoms with Gasteiger partial charge in [0.15, 0.2) is 5.60 Å². The van der Waals surface area contributed by atoms with E-state index in [-0.39, 0.29) is 5.75 Å². The fourth-order valence-electron chi connectivity index (χ4n) is 4.54. The lowest BCUT2D eigenvalue weighted by Gasteiger charge is -2.36. The lowest BCUT2D eigenvalue weighted by Crippen LogP contribution is -2.32. The molecular formula is C30H24O5S3. The quantitative estimate of drug-likeness (QED) is 0.152. The van der Waals surface area contributed by atoms with Crippen LogP contribution in [0.4, 0.5) is 0 Å². The molecule has 0 saturated heterocycles. The first-order valence-corrected chi connectivity index (χ1v) is 14.8. The molecule has 0 fully saturated rings. The van der Waals surface area contributed by atoms with E-state index in [0.717, 1.165) is 11.3 Å². The van der Waals surface area contributed by atoms with E-state index in [1.807, 2.05) is 56.3 Å². The van der Waals surface area contributed by atoms with E-state index in [0.29, 0.717) is 38.3 Å². The fraction of sp³-hybridized carbons (Fsp3) is 0.133. The van der Waals surface area contributed by atoms with Crippen molar-refractivity contribution in [2.45, 2.75) is 25.2 Å². The van der Waals surface area contributed by atoms with Crippen molar-refractivity contribution >= 4 is 44.2 Å². The van der Waals surface area contributed by atoms with Gasteiger partial charge >= 0.3 is 5.97 Å². The summed E-state index contributed by atoms with van der Waals surface area (Å²) in [5.74, 6) is 1.80. The van der Waals surface area contributed by atoms with Crippen molar-refractivity contribution in [2.75, 3.05) is 0 Å². The van der Waals surface area contributed by atoms with Crippen LogP contribution in [-0.4, -0.2) is 15.5 Å². The van der Waals surface area contributed by atoms with Gasteiger partial charge in [0.1, 0.15) is 23.0 Å². The Balaban J connectivity index is 0.00000144. The number of hydrogen-bond acceptors (Lipinski definition) is 8. The monoisotopic (exact) mass is 560 g/mol. The molecule has 6 rings (SSSR count). The van der Waals surface area contributed by atoms with Crippen LogP contribution < -0.4 is 9.47 Å². The first-order valence-electron chi connectivity index (χ1n) is 12.1. The number of carbonyl (C=O) groups is 1. The largest absolute Gasteiger partial charge is 0.508 e. The number of benzene rings is 4. The smallest absolute Gasteiger partial charge is 0.340 e. The van der Waals surface area contributed by atoms with Gasteiger partial charge in [-0.1, -0.05) is 73.2 Å². The van der Waals surface area contributed by atoms with Crippen LogP contribution >= 0.6 is 33.8 Å². The maximum Gasteiger partial charge on any atom is 0.340 e. The Morgan fingerprint density at radius 1 is 0.895 bits per heavy atom. The van der Waals surface area contributed by atoms with Gasteiger partial charge in [-0.05, 0) is 58.9 Å². The fourth-order valence-corrected chi connectivity index (χ4v) is 6.66. The van der Waals surface area contributed by atoms with E-state index in [4.69, 9.17) is 26.4 Å². The summed E-state index contributed by atoms with van der Waals surface area (Å²) < 4.78 is 18.5. The van der Waals surface area contributed by atoms with Gasteiger partial charge in [0.2, 0.25) is 4.38 Å².